The molecule has 0 spiro atoms. The fourth-order valence-electron chi connectivity index (χ4n) is 3.28. The molecule has 5 heteroatoms. The topological polar surface area (TPSA) is 90.6 Å². The lowest BCUT2D eigenvalue weighted by molar-refractivity contribution is -0.138. The molecular weight excluding hydrogens is 314 g/mol. The summed E-state index contributed by atoms with van der Waals surface area (Å²) in [6, 6.07) is 6.42. The summed E-state index contributed by atoms with van der Waals surface area (Å²) >= 11 is 0. The zero-order chi connectivity index (χ0) is 17.2. The fraction of sp³-hybridized carbons (Fsp3) is 0.450. The second kappa shape index (κ2) is 8.94. The minimum absolute atomic E-state index is 0. The summed E-state index contributed by atoms with van der Waals surface area (Å²) in [5.74, 6) is 0.0981. The van der Waals surface area contributed by atoms with Gasteiger partial charge in [-0.25, -0.2) is 0 Å². The summed E-state index contributed by atoms with van der Waals surface area (Å²) in [6.45, 7) is 12.1. The molecule has 0 fully saturated rings. The molecule has 1 unspecified atom stereocenters. The zero-order valence-corrected chi connectivity index (χ0v) is 15.0. The highest BCUT2D eigenvalue weighted by Gasteiger charge is 2.50. The van der Waals surface area contributed by atoms with E-state index in [1.807, 2.05) is 13.8 Å². The number of fused-ring (bicyclic) bond motifs is 1. The van der Waals surface area contributed by atoms with E-state index in [9.17, 15) is 4.79 Å². The molecule has 0 saturated carbocycles. The Morgan fingerprint density at radius 2 is 2.00 bits per heavy atom. The predicted octanol–water partition coefficient (Wildman–Crippen LogP) is 3.61. The highest BCUT2D eigenvalue weighted by molar-refractivity contribution is 6.11. The van der Waals surface area contributed by atoms with Crippen molar-refractivity contribution in [2.75, 3.05) is 13.7 Å². The number of methoxy groups -OCH3 is 1. The molecule has 1 aromatic carbocycles. The largest absolute Gasteiger partial charge is 0.366 e. The van der Waals surface area contributed by atoms with Gasteiger partial charge in [0.1, 0.15) is 0 Å². The monoisotopic (exact) mass is 349 g/mol. The predicted molar refractivity (Wildman–Crippen MR) is 107 cm³/mol. The van der Waals surface area contributed by atoms with Crippen molar-refractivity contribution in [1.82, 2.24) is 11.1 Å². The van der Waals surface area contributed by atoms with Gasteiger partial charge in [0, 0.05) is 28.2 Å². The number of Topliss-reactive ketones (excluding diaryl/α,β-unsaturated/α-hetero) is 1. The van der Waals surface area contributed by atoms with Crippen molar-refractivity contribution in [3.05, 3.63) is 59.3 Å². The van der Waals surface area contributed by atoms with Gasteiger partial charge in [-0.05, 0) is 42.5 Å². The Morgan fingerprint density at radius 3 is 2.52 bits per heavy atom. The van der Waals surface area contributed by atoms with Crippen molar-refractivity contribution >= 4 is 5.78 Å². The van der Waals surface area contributed by atoms with Crippen LogP contribution >= 0.6 is 0 Å². The Morgan fingerprint density at radius 1 is 1.36 bits per heavy atom. The maximum atomic E-state index is 12.4. The number of ether oxygens (including phenoxy) is 1. The van der Waals surface area contributed by atoms with Gasteiger partial charge < -0.3 is 21.5 Å². The second-order valence-corrected chi connectivity index (χ2v) is 6.02. The van der Waals surface area contributed by atoms with Gasteiger partial charge in [0.15, 0.2) is 5.60 Å². The molecule has 1 atom stereocenters. The summed E-state index contributed by atoms with van der Waals surface area (Å²) in [7, 11) is 1.59. The standard InChI is InChI=1S/C17H22N2O2.C2H4.CH4.H3N.H2/c1-11-15(16(20)17(11,2)21-3)19-7-6-13-5-4-12(9-18)8-14(13)10-19;1-2;;;/h4-5,8H,6-7,9-10,18H2,1-3H3;1-2H2;1H4;1H3;1H. The quantitative estimate of drug-likeness (QED) is 0.814. The van der Waals surface area contributed by atoms with E-state index in [1.54, 1.807) is 7.11 Å². The van der Waals surface area contributed by atoms with Crippen LogP contribution in [0.2, 0.25) is 0 Å². The van der Waals surface area contributed by atoms with Crippen LogP contribution in [0.4, 0.5) is 0 Å². The minimum Gasteiger partial charge on any atom is -0.366 e. The zero-order valence-electron chi connectivity index (χ0n) is 15.0. The number of benzene rings is 1. The Labute approximate surface area is 153 Å². The highest BCUT2D eigenvalue weighted by atomic mass is 16.5. The van der Waals surface area contributed by atoms with Gasteiger partial charge in [-0.3, -0.25) is 4.79 Å². The fourth-order valence-corrected chi connectivity index (χ4v) is 3.28. The lowest BCUT2D eigenvalue weighted by Crippen LogP contribution is -2.54. The lowest BCUT2D eigenvalue weighted by Gasteiger charge is -2.45. The van der Waals surface area contributed by atoms with Gasteiger partial charge >= 0.3 is 0 Å². The van der Waals surface area contributed by atoms with Crippen LogP contribution in [0.5, 0.6) is 0 Å². The van der Waals surface area contributed by atoms with Gasteiger partial charge in [0.05, 0.1) is 5.70 Å². The van der Waals surface area contributed by atoms with E-state index >= 15 is 0 Å². The minimum atomic E-state index is -0.727. The first-order valence-corrected chi connectivity index (χ1v) is 7.88. The Balaban J connectivity index is 0. The number of nitrogens with zero attached hydrogens (tertiary/aromatic N) is 1. The van der Waals surface area contributed by atoms with Gasteiger partial charge in [0.25, 0.3) is 0 Å². The maximum absolute atomic E-state index is 12.4. The van der Waals surface area contributed by atoms with Gasteiger partial charge in [-0.1, -0.05) is 25.6 Å². The third-order valence-corrected chi connectivity index (χ3v) is 4.96. The van der Waals surface area contributed by atoms with Gasteiger partial charge in [-0.15, -0.1) is 13.2 Å². The molecular formula is C20H35N3O2. The average molecular weight is 350 g/mol. The number of rotatable bonds is 3. The molecule has 5 nitrogen and oxygen atoms in total. The van der Waals surface area contributed by atoms with Crippen LogP contribution < -0.4 is 11.9 Å². The van der Waals surface area contributed by atoms with Crippen molar-refractivity contribution in [3.8, 4) is 0 Å². The summed E-state index contributed by atoms with van der Waals surface area (Å²) < 4.78 is 5.37. The summed E-state index contributed by atoms with van der Waals surface area (Å²) in [4.78, 5) is 14.6. The van der Waals surface area contributed by atoms with E-state index in [0.717, 1.165) is 36.3 Å². The normalized spacial score (nSPS) is 21.1. The van der Waals surface area contributed by atoms with Crippen LogP contribution in [0.1, 0.15) is 39.4 Å². The molecule has 0 saturated heterocycles. The first kappa shape index (κ1) is 23.1. The molecule has 1 aromatic rings. The van der Waals surface area contributed by atoms with E-state index in [4.69, 9.17) is 10.5 Å². The van der Waals surface area contributed by atoms with Crippen molar-refractivity contribution in [1.29, 1.82) is 0 Å². The maximum Gasteiger partial charge on any atom is 0.214 e. The number of carbonyl (C=O) groups is 1. The van der Waals surface area contributed by atoms with E-state index in [1.165, 1.54) is 11.1 Å². The van der Waals surface area contributed by atoms with Crippen molar-refractivity contribution < 1.29 is 11.0 Å². The number of carbonyl (C=O) groups excluding carboxylic acids is 1. The molecule has 2 aliphatic rings. The molecule has 0 aromatic heterocycles. The second-order valence-electron chi connectivity index (χ2n) is 6.02. The number of hydrogen-bond acceptors (Lipinski definition) is 5. The van der Waals surface area contributed by atoms with Crippen LogP contribution in [-0.4, -0.2) is 29.9 Å². The molecule has 25 heavy (non-hydrogen) atoms. The van der Waals surface area contributed by atoms with E-state index in [-0.39, 0.29) is 20.8 Å². The summed E-state index contributed by atoms with van der Waals surface area (Å²) in [6.07, 6.45) is 0.966. The van der Waals surface area contributed by atoms with Crippen LogP contribution in [0.15, 0.2) is 42.6 Å². The smallest absolute Gasteiger partial charge is 0.214 e. The molecule has 5 N–H and O–H groups in total. The molecule has 0 radical (unpaired) electrons. The van der Waals surface area contributed by atoms with Crippen LogP contribution in [0, 0.1) is 0 Å². The number of ketones is 1. The molecule has 1 aliphatic carbocycles. The lowest BCUT2D eigenvalue weighted by atomic mass is 9.76. The van der Waals surface area contributed by atoms with Gasteiger partial charge in [0.2, 0.25) is 5.78 Å². The summed E-state index contributed by atoms with van der Waals surface area (Å²) in [5.41, 5.74) is 10.6. The number of nitrogens with two attached hydrogens (primary N) is 1. The van der Waals surface area contributed by atoms with Crippen LogP contribution in [0.3, 0.4) is 0 Å². The van der Waals surface area contributed by atoms with Crippen molar-refractivity contribution in [2.24, 2.45) is 5.73 Å². The van der Waals surface area contributed by atoms with Crippen molar-refractivity contribution in [2.45, 2.75) is 46.4 Å². The Hall–Kier alpha value is -1.95. The van der Waals surface area contributed by atoms with E-state index < -0.39 is 5.60 Å². The van der Waals surface area contributed by atoms with Crippen LogP contribution in [-0.2, 0) is 29.0 Å². The SMILES string of the molecule is C.C=C.COC1(C)C(=O)C(N2CCc3ccc(CN)cc3C2)=C1C.N.[HH]. The molecule has 0 amide bonds. The Bertz CT molecular complexity index is 660. The van der Waals surface area contributed by atoms with Crippen LogP contribution in [0.25, 0.3) is 0 Å². The van der Waals surface area contributed by atoms with Gasteiger partial charge in [-0.2, -0.15) is 0 Å². The third kappa shape index (κ3) is 3.68. The van der Waals surface area contributed by atoms with E-state index in [0.29, 0.717) is 6.54 Å². The van der Waals surface area contributed by atoms with Crippen molar-refractivity contribution in [3.63, 3.8) is 0 Å². The average Bonchev–Trinajstić information content (AvgIpc) is 2.62. The van der Waals surface area contributed by atoms with E-state index in [2.05, 4.69) is 36.3 Å². The number of hydrogen-bond donors (Lipinski definition) is 2. The molecule has 1 heterocycles. The third-order valence-electron chi connectivity index (χ3n) is 4.96. The Kier molecular flexibility index (Phi) is 8.25. The highest BCUT2D eigenvalue weighted by Crippen LogP contribution is 2.40. The first-order chi connectivity index (χ1) is 11.0. The molecule has 0 bridgehead atoms. The first-order valence-electron chi connectivity index (χ1n) is 7.88. The molecule has 1 aliphatic heterocycles. The molecule has 142 valence electrons. The summed E-state index contributed by atoms with van der Waals surface area (Å²) in [5, 5.41) is 0. The molecule has 3 rings (SSSR count).